The second-order valence-corrected chi connectivity index (χ2v) is 7.12. The van der Waals surface area contributed by atoms with Crippen LogP contribution in [0.15, 0.2) is 52.0 Å². The predicted molar refractivity (Wildman–Crippen MR) is 95.5 cm³/mol. The Bertz CT molecular complexity index is 1050. The topological polar surface area (TPSA) is 121 Å². The normalized spacial score (nSPS) is 11.0. The van der Waals surface area contributed by atoms with Gasteiger partial charge in [-0.2, -0.15) is 5.26 Å². The van der Waals surface area contributed by atoms with Gasteiger partial charge in [-0.05, 0) is 50.2 Å². The van der Waals surface area contributed by atoms with Gasteiger partial charge in [-0.25, -0.2) is 13.4 Å². The molecule has 2 aromatic heterocycles. The lowest BCUT2D eigenvalue weighted by atomic mass is 10.2. The van der Waals surface area contributed by atoms with Gasteiger partial charge in [-0.15, -0.1) is 0 Å². The molecule has 3 rings (SSSR count). The molecule has 0 saturated carbocycles. The largest absolute Gasteiger partial charge is 0.360 e. The molecule has 26 heavy (non-hydrogen) atoms. The number of hydrogen-bond acceptors (Lipinski definition) is 7. The maximum Gasteiger partial charge on any atom is 0.268 e. The van der Waals surface area contributed by atoms with Crippen molar-refractivity contribution in [1.29, 1.82) is 5.26 Å². The summed E-state index contributed by atoms with van der Waals surface area (Å²) in [6.07, 6.45) is 1.50. The van der Waals surface area contributed by atoms with Gasteiger partial charge in [-0.3, -0.25) is 4.72 Å². The number of nitriles is 1. The third kappa shape index (κ3) is 3.65. The zero-order valence-corrected chi connectivity index (χ0v) is 14.8. The van der Waals surface area contributed by atoms with Gasteiger partial charge in [0.2, 0.25) is 0 Å². The summed E-state index contributed by atoms with van der Waals surface area (Å²) >= 11 is 0. The number of anilines is 3. The summed E-state index contributed by atoms with van der Waals surface area (Å²) in [4.78, 5) is 4.12. The number of pyridine rings is 1. The van der Waals surface area contributed by atoms with Crippen molar-refractivity contribution < 1.29 is 12.9 Å². The lowest BCUT2D eigenvalue weighted by molar-refractivity contribution is 0.390. The van der Waals surface area contributed by atoms with Crippen molar-refractivity contribution in [1.82, 2.24) is 10.1 Å². The Hall–Kier alpha value is -3.38. The first kappa shape index (κ1) is 17.4. The number of aromatic nitrogens is 2. The van der Waals surface area contributed by atoms with Crippen LogP contribution in [-0.4, -0.2) is 18.6 Å². The molecule has 0 atom stereocenters. The van der Waals surface area contributed by atoms with Crippen molar-refractivity contribution in [2.45, 2.75) is 18.7 Å². The van der Waals surface area contributed by atoms with Gasteiger partial charge in [0.15, 0.2) is 10.7 Å². The summed E-state index contributed by atoms with van der Waals surface area (Å²) in [6, 6.07) is 12.2. The molecule has 0 bridgehead atoms. The minimum atomic E-state index is -3.83. The molecule has 3 aromatic rings. The Balaban J connectivity index is 1.74. The minimum absolute atomic E-state index is 0.0130. The summed E-state index contributed by atoms with van der Waals surface area (Å²) in [6.45, 7) is 3.09. The molecule has 0 aliphatic carbocycles. The average Bonchev–Trinajstić information content (AvgIpc) is 2.96. The van der Waals surface area contributed by atoms with Crippen LogP contribution in [0.4, 0.5) is 17.2 Å². The maximum atomic E-state index is 12.4. The summed E-state index contributed by atoms with van der Waals surface area (Å²) in [5.41, 5.74) is 2.32. The van der Waals surface area contributed by atoms with Gasteiger partial charge in [0.1, 0.15) is 11.5 Å². The van der Waals surface area contributed by atoms with Crippen molar-refractivity contribution in [3.8, 4) is 6.07 Å². The maximum absolute atomic E-state index is 12.4. The molecule has 0 fully saturated rings. The Labute approximate surface area is 150 Å². The number of nitrogens with one attached hydrogen (secondary N) is 2. The lowest BCUT2D eigenvalue weighted by Gasteiger charge is -2.09. The zero-order chi connectivity index (χ0) is 18.7. The van der Waals surface area contributed by atoms with Gasteiger partial charge in [-0.1, -0.05) is 5.16 Å². The molecule has 0 spiro atoms. The van der Waals surface area contributed by atoms with Gasteiger partial charge in [0.05, 0.1) is 23.5 Å². The van der Waals surface area contributed by atoms with Crippen molar-refractivity contribution in [3.05, 3.63) is 59.6 Å². The second-order valence-electron chi connectivity index (χ2n) is 5.51. The smallest absolute Gasteiger partial charge is 0.268 e. The van der Waals surface area contributed by atoms with E-state index in [1.54, 1.807) is 43.3 Å². The summed E-state index contributed by atoms with van der Waals surface area (Å²) < 4.78 is 32.2. The summed E-state index contributed by atoms with van der Waals surface area (Å²) in [5, 5.41) is 15.6. The van der Waals surface area contributed by atoms with Gasteiger partial charge < -0.3 is 9.84 Å². The Morgan fingerprint density at radius 1 is 1.08 bits per heavy atom. The van der Waals surface area contributed by atoms with E-state index >= 15 is 0 Å². The van der Waals surface area contributed by atoms with Gasteiger partial charge >= 0.3 is 0 Å². The highest BCUT2D eigenvalue weighted by Crippen LogP contribution is 2.23. The number of aryl methyl sites for hydroxylation is 2. The summed E-state index contributed by atoms with van der Waals surface area (Å²) in [5.74, 6) is 0.393. The molecule has 2 heterocycles. The lowest BCUT2D eigenvalue weighted by Crippen LogP contribution is -2.15. The fraction of sp³-hybridized carbons (Fsp3) is 0.118. The molecule has 0 amide bonds. The van der Waals surface area contributed by atoms with Crippen molar-refractivity contribution in [3.63, 3.8) is 0 Å². The van der Waals surface area contributed by atoms with Crippen LogP contribution in [0.25, 0.3) is 0 Å². The van der Waals surface area contributed by atoms with Crippen molar-refractivity contribution >= 4 is 27.2 Å². The second kappa shape index (κ2) is 6.85. The highest BCUT2D eigenvalue weighted by atomic mass is 32.2. The van der Waals surface area contributed by atoms with E-state index in [-0.39, 0.29) is 22.2 Å². The zero-order valence-electron chi connectivity index (χ0n) is 14.0. The van der Waals surface area contributed by atoms with Crippen molar-refractivity contribution in [2.24, 2.45) is 0 Å². The highest BCUT2D eigenvalue weighted by Gasteiger charge is 2.24. The van der Waals surface area contributed by atoms with Crippen LogP contribution >= 0.6 is 0 Å². The first-order valence-electron chi connectivity index (χ1n) is 7.58. The van der Waals surface area contributed by atoms with E-state index in [1.165, 1.54) is 13.1 Å². The van der Waals surface area contributed by atoms with E-state index in [2.05, 4.69) is 26.2 Å². The number of benzene rings is 1. The number of nitrogens with zero attached hydrogens (tertiary/aromatic N) is 3. The molecule has 132 valence electrons. The van der Waals surface area contributed by atoms with Crippen LogP contribution in [0.1, 0.15) is 17.0 Å². The van der Waals surface area contributed by atoms with E-state index in [0.29, 0.717) is 11.3 Å². The average molecular weight is 369 g/mol. The predicted octanol–water partition coefficient (Wildman–Crippen LogP) is 3.10. The molecule has 0 saturated heterocycles. The van der Waals surface area contributed by atoms with Crippen LogP contribution in [0.5, 0.6) is 0 Å². The molecule has 0 unspecified atom stereocenters. The van der Waals surface area contributed by atoms with Crippen LogP contribution in [0.3, 0.4) is 0 Å². The van der Waals surface area contributed by atoms with Crippen LogP contribution in [0.2, 0.25) is 0 Å². The number of rotatable bonds is 5. The fourth-order valence-corrected chi connectivity index (χ4v) is 3.71. The first-order chi connectivity index (χ1) is 12.4. The van der Waals surface area contributed by atoms with E-state index < -0.39 is 10.0 Å². The molecular formula is C17H15N5O3S. The quantitative estimate of drug-likeness (QED) is 0.708. The van der Waals surface area contributed by atoms with Crippen molar-refractivity contribution in [2.75, 3.05) is 10.0 Å². The van der Waals surface area contributed by atoms with Gasteiger partial charge in [0.25, 0.3) is 10.0 Å². The third-order valence-electron chi connectivity index (χ3n) is 3.54. The molecule has 0 radical (unpaired) electrons. The van der Waals surface area contributed by atoms with E-state index in [1.807, 2.05) is 0 Å². The Morgan fingerprint density at radius 3 is 2.31 bits per heavy atom. The number of hydrogen-bond donors (Lipinski definition) is 2. The van der Waals surface area contributed by atoms with Crippen LogP contribution in [-0.2, 0) is 10.0 Å². The van der Waals surface area contributed by atoms with E-state index in [4.69, 9.17) is 9.78 Å². The fourth-order valence-electron chi connectivity index (χ4n) is 2.37. The van der Waals surface area contributed by atoms with Gasteiger partial charge in [0, 0.05) is 5.69 Å². The van der Waals surface area contributed by atoms with E-state index in [0.717, 1.165) is 5.69 Å². The molecule has 1 aromatic carbocycles. The Morgan fingerprint density at radius 2 is 1.77 bits per heavy atom. The number of sulfonamides is 1. The minimum Gasteiger partial charge on any atom is -0.360 e. The molecule has 9 heteroatoms. The molecule has 8 nitrogen and oxygen atoms in total. The molecule has 0 aliphatic rings. The summed E-state index contributed by atoms with van der Waals surface area (Å²) in [7, 11) is -3.83. The molecule has 0 aliphatic heterocycles. The third-order valence-corrected chi connectivity index (χ3v) is 5.14. The SMILES string of the molecule is Cc1noc(C)c1S(=O)(=O)Nc1ccc(Nc2ccc(C#N)cc2)cn1. The van der Waals surface area contributed by atoms with Crippen LogP contribution < -0.4 is 10.0 Å². The molecule has 2 N–H and O–H groups in total. The first-order valence-corrected chi connectivity index (χ1v) is 9.06. The monoisotopic (exact) mass is 369 g/mol. The van der Waals surface area contributed by atoms with E-state index in [9.17, 15) is 8.42 Å². The highest BCUT2D eigenvalue weighted by molar-refractivity contribution is 7.92. The van der Waals surface area contributed by atoms with Crippen LogP contribution in [0, 0.1) is 25.2 Å². The Kier molecular flexibility index (Phi) is 4.60. The standard InChI is InChI=1S/C17H15N5O3S/c1-11-17(12(2)25-21-11)26(23,24)22-16-8-7-15(10-19-16)20-14-5-3-13(9-18)4-6-14/h3-8,10,20H,1-2H3,(H,19,22). The molecular weight excluding hydrogens is 354 g/mol.